The van der Waals surface area contributed by atoms with E-state index in [0.717, 1.165) is 0 Å². The van der Waals surface area contributed by atoms with Crippen molar-refractivity contribution in [3.63, 3.8) is 0 Å². The van der Waals surface area contributed by atoms with Crippen molar-refractivity contribution in [2.24, 2.45) is 11.8 Å². The van der Waals surface area contributed by atoms with Crippen LogP contribution in [0.5, 0.6) is 0 Å². The summed E-state index contributed by atoms with van der Waals surface area (Å²) < 4.78 is 5.58. The van der Waals surface area contributed by atoms with Crippen molar-refractivity contribution in [2.45, 2.75) is 12.2 Å². The van der Waals surface area contributed by atoms with Gasteiger partial charge in [0.1, 0.15) is 0 Å². The summed E-state index contributed by atoms with van der Waals surface area (Å²) in [5, 5.41) is 0.753. The third-order valence-corrected chi connectivity index (χ3v) is 4.60. The summed E-state index contributed by atoms with van der Waals surface area (Å²) in [4.78, 5) is 26.2. The lowest BCUT2D eigenvalue weighted by atomic mass is 9.85. The van der Waals surface area contributed by atoms with Gasteiger partial charge in [-0.05, 0) is 18.2 Å². The maximum Gasteiger partial charge on any atom is 0.240 e. The number of ether oxygens (including phenoxy) is 1. The first-order chi connectivity index (χ1) is 9.58. The highest BCUT2D eigenvalue weighted by molar-refractivity contribution is 6.38. The summed E-state index contributed by atoms with van der Waals surface area (Å²) in [5.74, 6) is -1.35. The van der Waals surface area contributed by atoms with Gasteiger partial charge in [0.05, 0.1) is 34.8 Å². The monoisotopic (exact) mass is 309 g/mol. The van der Waals surface area contributed by atoms with Crippen LogP contribution < -0.4 is 4.90 Å². The van der Waals surface area contributed by atoms with Crippen LogP contribution in [0.4, 0.5) is 5.69 Å². The van der Waals surface area contributed by atoms with E-state index in [2.05, 4.69) is 0 Å². The summed E-state index contributed by atoms with van der Waals surface area (Å²) >= 11 is 12.0. The number of benzene rings is 1. The quantitative estimate of drug-likeness (QED) is 0.591. The summed E-state index contributed by atoms with van der Waals surface area (Å²) in [7, 11) is 0. The molecule has 3 aliphatic rings. The van der Waals surface area contributed by atoms with Gasteiger partial charge in [-0.15, -0.1) is 0 Å². The van der Waals surface area contributed by atoms with Gasteiger partial charge >= 0.3 is 0 Å². The summed E-state index contributed by atoms with van der Waals surface area (Å²) in [6, 6.07) is 4.73. The second-order valence-corrected chi connectivity index (χ2v) is 5.95. The summed E-state index contributed by atoms with van der Waals surface area (Å²) in [6.45, 7) is 0. The zero-order chi connectivity index (χ0) is 14.0. The molecule has 1 aromatic rings. The Kier molecular flexibility index (Phi) is 2.52. The number of fused-ring (bicyclic) bond motifs is 5. The van der Waals surface area contributed by atoms with Gasteiger partial charge in [0, 0.05) is 5.02 Å². The number of amides is 2. The fourth-order valence-corrected chi connectivity index (χ4v) is 3.70. The Labute approximate surface area is 124 Å². The molecule has 0 spiro atoms. The molecule has 102 valence electrons. The summed E-state index contributed by atoms with van der Waals surface area (Å²) in [6.07, 6.45) is 3.11. The standard InChI is InChI=1S/C14H9Cl2NO3/c15-6-1-2-8(7(16)5-6)17-13(18)11-9-3-4-10(20-9)12(11)14(17)19/h1-5,9-12H/t9-,10-,11+,12+/m1/s1. The molecule has 0 radical (unpaired) electrons. The van der Waals surface area contributed by atoms with E-state index in [1.54, 1.807) is 12.1 Å². The van der Waals surface area contributed by atoms with Gasteiger partial charge in [-0.2, -0.15) is 0 Å². The minimum atomic E-state index is -0.427. The van der Waals surface area contributed by atoms with Crippen molar-refractivity contribution in [1.82, 2.24) is 0 Å². The lowest BCUT2D eigenvalue weighted by Gasteiger charge is -2.18. The van der Waals surface area contributed by atoms with Gasteiger partial charge in [0.25, 0.3) is 0 Å². The van der Waals surface area contributed by atoms with Gasteiger partial charge in [-0.1, -0.05) is 35.4 Å². The number of hydrogen-bond acceptors (Lipinski definition) is 3. The Morgan fingerprint density at radius 2 is 1.60 bits per heavy atom. The van der Waals surface area contributed by atoms with Crippen LogP contribution in [-0.2, 0) is 14.3 Å². The smallest absolute Gasteiger partial charge is 0.240 e. The molecule has 0 N–H and O–H groups in total. The first-order valence-electron chi connectivity index (χ1n) is 6.24. The van der Waals surface area contributed by atoms with Crippen LogP contribution in [-0.4, -0.2) is 24.0 Å². The van der Waals surface area contributed by atoms with Gasteiger partial charge in [-0.25, -0.2) is 4.90 Å². The number of imide groups is 1. The molecule has 4 nitrogen and oxygen atoms in total. The minimum absolute atomic E-state index is 0.249. The Morgan fingerprint density at radius 3 is 2.15 bits per heavy atom. The molecule has 4 rings (SSSR count). The van der Waals surface area contributed by atoms with Crippen molar-refractivity contribution in [1.29, 1.82) is 0 Å². The second-order valence-electron chi connectivity index (χ2n) is 5.11. The molecule has 0 aliphatic carbocycles. The minimum Gasteiger partial charge on any atom is -0.365 e. The predicted molar refractivity (Wildman–Crippen MR) is 73.7 cm³/mol. The number of hydrogen-bond donors (Lipinski definition) is 0. The molecule has 2 amide bonds. The SMILES string of the molecule is O=C1[C@@H]2[C@@H](C(=O)N1c1ccc(Cl)cc1Cl)[C@H]1C=C[C@H]2O1. The maximum atomic E-state index is 12.5. The molecular formula is C14H9Cl2NO3. The molecule has 2 fully saturated rings. The van der Waals surface area contributed by atoms with Crippen LogP contribution in [0.3, 0.4) is 0 Å². The fraction of sp³-hybridized carbons (Fsp3) is 0.286. The van der Waals surface area contributed by atoms with Crippen LogP contribution in [0.1, 0.15) is 0 Å². The van der Waals surface area contributed by atoms with E-state index < -0.39 is 11.8 Å². The largest absolute Gasteiger partial charge is 0.365 e. The normalized spacial score (nSPS) is 34.2. The van der Waals surface area contributed by atoms with Gasteiger partial charge in [0.2, 0.25) is 11.8 Å². The zero-order valence-corrected chi connectivity index (χ0v) is 11.6. The van der Waals surface area contributed by atoms with E-state index in [0.29, 0.717) is 15.7 Å². The van der Waals surface area contributed by atoms with E-state index in [4.69, 9.17) is 27.9 Å². The average Bonchev–Trinajstić information content (AvgIpc) is 3.06. The Hall–Kier alpha value is -1.36. The highest BCUT2D eigenvalue weighted by atomic mass is 35.5. The van der Waals surface area contributed by atoms with Crippen LogP contribution in [0, 0.1) is 11.8 Å². The average molecular weight is 310 g/mol. The van der Waals surface area contributed by atoms with Crippen LogP contribution in [0.15, 0.2) is 30.4 Å². The van der Waals surface area contributed by atoms with Crippen LogP contribution in [0.25, 0.3) is 0 Å². The number of carbonyl (C=O) groups is 2. The fourth-order valence-electron chi connectivity index (χ4n) is 3.20. The molecule has 0 unspecified atom stereocenters. The van der Waals surface area contributed by atoms with E-state index in [-0.39, 0.29) is 24.0 Å². The topological polar surface area (TPSA) is 46.6 Å². The Bertz CT molecular complexity index is 642. The molecular weight excluding hydrogens is 301 g/mol. The number of anilines is 1. The first-order valence-corrected chi connectivity index (χ1v) is 7.00. The van der Waals surface area contributed by atoms with Crippen molar-refractivity contribution >= 4 is 40.7 Å². The lowest BCUT2D eigenvalue weighted by Crippen LogP contribution is -2.34. The van der Waals surface area contributed by atoms with Crippen LogP contribution in [0.2, 0.25) is 10.0 Å². The third-order valence-electron chi connectivity index (χ3n) is 4.06. The zero-order valence-electron chi connectivity index (χ0n) is 10.1. The van der Waals surface area contributed by atoms with Crippen molar-refractivity contribution in [3.05, 3.63) is 40.4 Å². The first kappa shape index (κ1) is 12.4. The molecule has 4 atom stereocenters. The van der Waals surface area contributed by atoms with Gasteiger partial charge in [0.15, 0.2) is 0 Å². The third kappa shape index (κ3) is 1.47. The highest BCUT2D eigenvalue weighted by Gasteiger charge is 2.61. The number of halogens is 2. The molecule has 20 heavy (non-hydrogen) atoms. The predicted octanol–water partition coefficient (Wildman–Crippen LogP) is 2.44. The number of nitrogens with zero attached hydrogens (tertiary/aromatic N) is 1. The van der Waals surface area contributed by atoms with Gasteiger partial charge in [-0.3, -0.25) is 9.59 Å². The molecule has 0 saturated carbocycles. The Morgan fingerprint density at radius 1 is 1.00 bits per heavy atom. The van der Waals surface area contributed by atoms with E-state index in [9.17, 15) is 9.59 Å². The van der Waals surface area contributed by atoms with Crippen molar-refractivity contribution in [2.75, 3.05) is 4.90 Å². The van der Waals surface area contributed by atoms with E-state index in [1.165, 1.54) is 11.0 Å². The van der Waals surface area contributed by atoms with Crippen LogP contribution >= 0.6 is 23.2 Å². The number of carbonyl (C=O) groups excluding carboxylic acids is 2. The Balaban J connectivity index is 1.78. The highest BCUT2D eigenvalue weighted by Crippen LogP contribution is 2.47. The van der Waals surface area contributed by atoms with Crippen molar-refractivity contribution in [3.8, 4) is 0 Å². The molecule has 2 saturated heterocycles. The lowest BCUT2D eigenvalue weighted by molar-refractivity contribution is -0.124. The van der Waals surface area contributed by atoms with E-state index in [1.807, 2.05) is 12.2 Å². The summed E-state index contributed by atoms with van der Waals surface area (Å²) in [5.41, 5.74) is 0.389. The maximum absolute atomic E-state index is 12.5. The molecule has 1 aromatic carbocycles. The van der Waals surface area contributed by atoms with Crippen molar-refractivity contribution < 1.29 is 14.3 Å². The van der Waals surface area contributed by atoms with E-state index >= 15 is 0 Å². The molecule has 6 heteroatoms. The molecule has 3 aliphatic heterocycles. The molecule has 3 heterocycles. The van der Waals surface area contributed by atoms with Gasteiger partial charge < -0.3 is 4.74 Å². The second kappa shape index (κ2) is 4.07. The number of rotatable bonds is 1. The molecule has 0 aromatic heterocycles. The molecule has 2 bridgehead atoms.